The monoisotopic (exact) mass is 327 g/mol. The van der Waals surface area contributed by atoms with Crippen molar-refractivity contribution in [1.82, 2.24) is 0 Å². The summed E-state index contributed by atoms with van der Waals surface area (Å²) in [5.74, 6) is -0.912. The zero-order valence-corrected chi connectivity index (χ0v) is 13.3. The average Bonchev–Trinajstić information content (AvgIpc) is 2.55. The largest absolute Gasteiger partial charge is 0.465 e. The van der Waals surface area contributed by atoms with E-state index < -0.39 is 11.4 Å². The molecule has 24 heavy (non-hydrogen) atoms. The van der Waals surface area contributed by atoms with Gasteiger partial charge in [0.05, 0.1) is 18.1 Å². The number of benzene rings is 2. The molecule has 1 aliphatic rings. The fourth-order valence-corrected chi connectivity index (χ4v) is 3.04. The van der Waals surface area contributed by atoms with Crippen molar-refractivity contribution in [3.8, 4) is 0 Å². The molecule has 1 N–H and O–H groups in total. The molecule has 0 aliphatic heterocycles. The Kier molecular flexibility index (Phi) is 4.34. The highest BCUT2D eigenvalue weighted by Crippen LogP contribution is 2.44. The van der Waals surface area contributed by atoms with Crippen molar-refractivity contribution in [2.75, 3.05) is 12.4 Å². The number of esters is 1. The lowest BCUT2D eigenvalue weighted by molar-refractivity contribution is -0.124. The Balaban J connectivity index is 1.83. The van der Waals surface area contributed by atoms with Gasteiger partial charge in [0.2, 0.25) is 5.91 Å². The van der Waals surface area contributed by atoms with E-state index >= 15 is 0 Å². The van der Waals surface area contributed by atoms with E-state index in [0.717, 1.165) is 24.8 Å². The predicted molar refractivity (Wildman–Crippen MR) is 88.3 cm³/mol. The van der Waals surface area contributed by atoms with Crippen molar-refractivity contribution >= 4 is 17.6 Å². The van der Waals surface area contributed by atoms with E-state index in [0.29, 0.717) is 11.3 Å². The van der Waals surface area contributed by atoms with Crippen LogP contribution in [0.5, 0.6) is 0 Å². The normalized spacial score (nSPS) is 15.2. The minimum absolute atomic E-state index is 0.137. The van der Waals surface area contributed by atoms with Crippen molar-refractivity contribution in [3.63, 3.8) is 0 Å². The third kappa shape index (κ3) is 2.89. The van der Waals surface area contributed by atoms with Gasteiger partial charge < -0.3 is 10.1 Å². The van der Waals surface area contributed by atoms with Crippen LogP contribution in [0, 0.1) is 5.82 Å². The standard InChI is InChI=1S/C19H18FNO3/c1-24-17(22)13-4-2-5-16(12-13)21-18(23)19(10-3-11-19)14-6-8-15(20)9-7-14/h2,4-9,12H,3,10-11H2,1H3,(H,21,23). The number of carbonyl (C=O) groups is 2. The first-order valence-electron chi connectivity index (χ1n) is 7.81. The third-order valence-electron chi connectivity index (χ3n) is 4.58. The number of amides is 1. The van der Waals surface area contributed by atoms with Gasteiger partial charge in [-0.1, -0.05) is 24.6 Å². The molecule has 0 bridgehead atoms. The molecule has 124 valence electrons. The van der Waals surface area contributed by atoms with Crippen LogP contribution in [-0.2, 0) is 14.9 Å². The molecular weight excluding hydrogens is 309 g/mol. The number of methoxy groups -OCH3 is 1. The summed E-state index contributed by atoms with van der Waals surface area (Å²) in [5, 5.41) is 2.88. The van der Waals surface area contributed by atoms with E-state index in [4.69, 9.17) is 0 Å². The molecule has 3 rings (SSSR count). The van der Waals surface area contributed by atoms with Crippen LogP contribution in [0.2, 0.25) is 0 Å². The molecule has 5 heteroatoms. The number of anilines is 1. The van der Waals surface area contributed by atoms with Crippen LogP contribution in [0.25, 0.3) is 0 Å². The molecule has 0 saturated heterocycles. The molecular formula is C19H18FNO3. The molecule has 0 radical (unpaired) electrons. The second-order valence-electron chi connectivity index (χ2n) is 5.97. The molecule has 1 aliphatic carbocycles. The van der Waals surface area contributed by atoms with Crippen LogP contribution in [0.4, 0.5) is 10.1 Å². The van der Waals surface area contributed by atoms with Gasteiger partial charge in [-0.25, -0.2) is 9.18 Å². The molecule has 0 heterocycles. The first kappa shape index (κ1) is 16.2. The SMILES string of the molecule is COC(=O)c1cccc(NC(=O)C2(c3ccc(F)cc3)CCC2)c1. The van der Waals surface area contributed by atoms with Gasteiger partial charge in [-0.05, 0) is 48.7 Å². The fourth-order valence-electron chi connectivity index (χ4n) is 3.04. The van der Waals surface area contributed by atoms with E-state index in [1.54, 1.807) is 36.4 Å². The van der Waals surface area contributed by atoms with E-state index in [-0.39, 0.29) is 11.7 Å². The molecule has 0 spiro atoms. The molecule has 1 amide bonds. The Morgan fingerprint density at radius 3 is 2.42 bits per heavy atom. The van der Waals surface area contributed by atoms with Gasteiger partial charge in [0.15, 0.2) is 0 Å². The average molecular weight is 327 g/mol. The number of ether oxygens (including phenoxy) is 1. The maximum Gasteiger partial charge on any atom is 0.337 e. The quantitative estimate of drug-likeness (QED) is 0.872. The van der Waals surface area contributed by atoms with Gasteiger partial charge in [0.1, 0.15) is 5.82 Å². The van der Waals surface area contributed by atoms with E-state index in [2.05, 4.69) is 10.1 Å². The summed E-state index contributed by atoms with van der Waals surface area (Å²) in [5.41, 5.74) is 1.10. The maximum absolute atomic E-state index is 13.2. The van der Waals surface area contributed by atoms with Crippen molar-refractivity contribution in [2.24, 2.45) is 0 Å². The Morgan fingerprint density at radius 2 is 1.83 bits per heavy atom. The van der Waals surface area contributed by atoms with E-state index in [1.807, 2.05) is 0 Å². The highest BCUT2D eigenvalue weighted by molar-refractivity contribution is 6.01. The molecule has 2 aromatic rings. The van der Waals surface area contributed by atoms with Crippen molar-refractivity contribution < 1.29 is 18.7 Å². The van der Waals surface area contributed by atoms with Gasteiger partial charge in [-0.3, -0.25) is 4.79 Å². The van der Waals surface area contributed by atoms with Crippen molar-refractivity contribution in [1.29, 1.82) is 0 Å². The predicted octanol–water partition coefficient (Wildman–Crippen LogP) is 3.67. The molecule has 2 aromatic carbocycles. The van der Waals surface area contributed by atoms with Crippen molar-refractivity contribution in [3.05, 3.63) is 65.5 Å². The van der Waals surface area contributed by atoms with E-state index in [1.165, 1.54) is 19.2 Å². The smallest absolute Gasteiger partial charge is 0.337 e. The van der Waals surface area contributed by atoms with Gasteiger partial charge >= 0.3 is 5.97 Å². The maximum atomic E-state index is 13.2. The zero-order chi connectivity index (χ0) is 17.2. The molecule has 0 aromatic heterocycles. The highest BCUT2D eigenvalue weighted by atomic mass is 19.1. The fraction of sp³-hybridized carbons (Fsp3) is 0.263. The van der Waals surface area contributed by atoms with Crippen LogP contribution in [-0.4, -0.2) is 19.0 Å². The lowest BCUT2D eigenvalue weighted by Gasteiger charge is -2.40. The zero-order valence-electron chi connectivity index (χ0n) is 13.3. The van der Waals surface area contributed by atoms with E-state index in [9.17, 15) is 14.0 Å². The Hall–Kier alpha value is -2.69. The second-order valence-corrected chi connectivity index (χ2v) is 5.97. The van der Waals surface area contributed by atoms with Gasteiger partial charge in [0, 0.05) is 5.69 Å². The van der Waals surface area contributed by atoms with Crippen LogP contribution in [0.1, 0.15) is 35.2 Å². The second kappa shape index (κ2) is 6.43. The van der Waals surface area contributed by atoms with Crippen LogP contribution in [0.15, 0.2) is 48.5 Å². The Labute approximate surface area is 139 Å². The van der Waals surface area contributed by atoms with Gasteiger partial charge in [-0.2, -0.15) is 0 Å². The number of rotatable bonds is 4. The Bertz CT molecular complexity index is 766. The first-order chi connectivity index (χ1) is 11.5. The summed E-state index contributed by atoms with van der Waals surface area (Å²) in [6.07, 6.45) is 2.40. The first-order valence-corrected chi connectivity index (χ1v) is 7.81. The highest BCUT2D eigenvalue weighted by Gasteiger charge is 2.45. The summed E-state index contributed by atoms with van der Waals surface area (Å²) >= 11 is 0. The lowest BCUT2D eigenvalue weighted by Crippen LogP contribution is -2.46. The molecule has 1 saturated carbocycles. The summed E-state index contributed by atoms with van der Waals surface area (Å²) in [4.78, 5) is 24.4. The topological polar surface area (TPSA) is 55.4 Å². The number of hydrogen-bond acceptors (Lipinski definition) is 3. The summed E-state index contributed by atoms with van der Waals surface area (Å²) in [6.45, 7) is 0. The van der Waals surface area contributed by atoms with Crippen LogP contribution in [0.3, 0.4) is 0 Å². The number of hydrogen-bond donors (Lipinski definition) is 1. The molecule has 0 atom stereocenters. The summed E-state index contributed by atoms with van der Waals surface area (Å²) < 4.78 is 17.8. The minimum atomic E-state index is -0.630. The van der Waals surface area contributed by atoms with Gasteiger partial charge in [-0.15, -0.1) is 0 Å². The summed E-state index contributed by atoms with van der Waals surface area (Å²) in [7, 11) is 1.31. The third-order valence-corrected chi connectivity index (χ3v) is 4.58. The van der Waals surface area contributed by atoms with Crippen molar-refractivity contribution in [2.45, 2.75) is 24.7 Å². The minimum Gasteiger partial charge on any atom is -0.465 e. The number of carbonyl (C=O) groups excluding carboxylic acids is 2. The molecule has 1 fully saturated rings. The summed E-state index contributed by atoms with van der Waals surface area (Å²) in [6, 6.07) is 12.7. The van der Waals surface area contributed by atoms with Gasteiger partial charge in [0.25, 0.3) is 0 Å². The Morgan fingerprint density at radius 1 is 1.12 bits per heavy atom. The number of nitrogens with one attached hydrogen (secondary N) is 1. The number of halogens is 1. The molecule has 4 nitrogen and oxygen atoms in total. The van der Waals surface area contributed by atoms with Crippen LogP contribution >= 0.6 is 0 Å². The van der Waals surface area contributed by atoms with Crippen LogP contribution < -0.4 is 5.32 Å². The molecule has 0 unspecified atom stereocenters. The lowest BCUT2D eigenvalue weighted by atomic mass is 9.64.